The topological polar surface area (TPSA) is 76.7 Å². The molecule has 156 valence electrons. The van der Waals surface area contributed by atoms with Gasteiger partial charge in [-0.05, 0) is 37.0 Å². The van der Waals surface area contributed by atoms with Gasteiger partial charge in [-0.1, -0.05) is 54.6 Å². The number of hydrogen-bond donors (Lipinski definition) is 2. The predicted octanol–water partition coefficient (Wildman–Crippen LogP) is 3.93. The minimum Gasteiger partial charge on any atom is -0.445 e. The Morgan fingerprint density at radius 3 is 2.38 bits per heavy atom. The lowest BCUT2D eigenvalue weighted by Crippen LogP contribution is -2.27. The number of benzene rings is 2. The standard InChI is InChI=1S/C23H30N2O4/c1-18(2)28-17-21-11-6-10-20(14-21)15-25-22(26)12-7-13-24-23(27)29-16-19-8-4-3-5-9-19/h3-6,8-11,14,18H,7,12-13,15-17H2,1-2H3,(H,24,27)(H,25,26). The molecule has 0 aliphatic heterocycles. The van der Waals surface area contributed by atoms with Crippen molar-refractivity contribution in [3.8, 4) is 0 Å². The summed E-state index contributed by atoms with van der Waals surface area (Å²) in [7, 11) is 0. The monoisotopic (exact) mass is 398 g/mol. The van der Waals surface area contributed by atoms with Crippen LogP contribution in [0.15, 0.2) is 54.6 Å². The summed E-state index contributed by atoms with van der Waals surface area (Å²) in [4.78, 5) is 23.6. The van der Waals surface area contributed by atoms with Gasteiger partial charge in [-0.2, -0.15) is 0 Å². The maximum atomic E-state index is 12.0. The van der Waals surface area contributed by atoms with Crippen LogP contribution in [0, 0.1) is 0 Å². The van der Waals surface area contributed by atoms with E-state index < -0.39 is 6.09 Å². The van der Waals surface area contributed by atoms with E-state index in [1.165, 1.54) is 0 Å². The molecule has 2 N–H and O–H groups in total. The van der Waals surface area contributed by atoms with Crippen LogP contribution in [0.3, 0.4) is 0 Å². The average molecular weight is 399 g/mol. The number of alkyl carbamates (subject to hydrolysis) is 1. The SMILES string of the molecule is CC(C)OCc1cccc(CNC(=O)CCCNC(=O)OCc2ccccc2)c1. The molecule has 0 bridgehead atoms. The van der Waals surface area contributed by atoms with Gasteiger partial charge in [0.05, 0.1) is 12.7 Å². The highest BCUT2D eigenvalue weighted by Gasteiger charge is 2.05. The molecule has 0 spiro atoms. The van der Waals surface area contributed by atoms with Crippen LogP contribution in [0.25, 0.3) is 0 Å². The molecule has 0 fully saturated rings. The average Bonchev–Trinajstić information content (AvgIpc) is 2.73. The normalized spacial score (nSPS) is 10.6. The Morgan fingerprint density at radius 2 is 1.62 bits per heavy atom. The lowest BCUT2D eigenvalue weighted by Gasteiger charge is -2.10. The zero-order chi connectivity index (χ0) is 20.9. The number of rotatable bonds is 11. The molecule has 0 aromatic heterocycles. The fourth-order valence-electron chi connectivity index (χ4n) is 2.59. The van der Waals surface area contributed by atoms with Gasteiger partial charge >= 0.3 is 6.09 Å². The van der Waals surface area contributed by atoms with Crippen molar-refractivity contribution in [3.63, 3.8) is 0 Å². The molecule has 0 aliphatic rings. The molecule has 0 heterocycles. The van der Waals surface area contributed by atoms with Gasteiger partial charge in [0.25, 0.3) is 0 Å². The number of carbonyl (C=O) groups excluding carboxylic acids is 2. The quantitative estimate of drug-likeness (QED) is 0.562. The fraction of sp³-hybridized carbons (Fsp3) is 0.391. The van der Waals surface area contributed by atoms with Gasteiger partial charge in [0.1, 0.15) is 6.61 Å². The third kappa shape index (κ3) is 9.76. The predicted molar refractivity (Wildman–Crippen MR) is 112 cm³/mol. The van der Waals surface area contributed by atoms with Gasteiger partial charge in [-0.15, -0.1) is 0 Å². The number of nitrogens with one attached hydrogen (secondary N) is 2. The van der Waals surface area contributed by atoms with E-state index in [1.54, 1.807) is 0 Å². The number of hydrogen-bond acceptors (Lipinski definition) is 4. The van der Waals surface area contributed by atoms with Gasteiger partial charge in [0, 0.05) is 19.5 Å². The Labute approximate surface area is 172 Å². The van der Waals surface area contributed by atoms with Crippen molar-refractivity contribution in [2.75, 3.05) is 6.54 Å². The summed E-state index contributed by atoms with van der Waals surface area (Å²) in [6, 6.07) is 17.5. The molecule has 0 radical (unpaired) electrons. The Morgan fingerprint density at radius 1 is 0.897 bits per heavy atom. The van der Waals surface area contributed by atoms with Crippen LogP contribution >= 0.6 is 0 Å². The number of carbonyl (C=O) groups is 2. The second kappa shape index (κ2) is 12.6. The van der Waals surface area contributed by atoms with Crippen molar-refractivity contribution in [2.45, 2.75) is 52.6 Å². The Hall–Kier alpha value is -2.86. The Balaban J connectivity index is 1.57. The molecule has 6 heteroatoms. The molecule has 2 aromatic carbocycles. The van der Waals surface area contributed by atoms with Crippen molar-refractivity contribution in [1.29, 1.82) is 0 Å². The molecule has 6 nitrogen and oxygen atoms in total. The van der Waals surface area contributed by atoms with Crippen molar-refractivity contribution in [3.05, 3.63) is 71.3 Å². The van der Waals surface area contributed by atoms with E-state index in [0.717, 1.165) is 16.7 Å². The van der Waals surface area contributed by atoms with E-state index in [9.17, 15) is 9.59 Å². The number of ether oxygens (including phenoxy) is 2. The first-order valence-electron chi connectivity index (χ1n) is 9.93. The Bertz CT molecular complexity index is 762. The van der Waals surface area contributed by atoms with Gasteiger partial charge in [0.2, 0.25) is 5.91 Å². The largest absolute Gasteiger partial charge is 0.445 e. The van der Waals surface area contributed by atoms with E-state index in [-0.39, 0.29) is 18.6 Å². The van der Waals surface area contributed by atoms with E-state index in [4.69, 9.17) is 9.47 Å². The lowest BCUT2D eigenvalue weighted by atomic mass is 10.1. The van der Waals surface area contributed by atoms with Crippen LogP contribution in [0.4, 0.5) is 4.79 Å². The second-order valence-electron chi connectivity index (χ2n) is 7.05. The smallest absolute Gasteiger partial charge is 0.407 e. The maximum absolute atomic E-state index is 12.0. The first-order chi connectivity index (χ1) is 14.0. The first kappa shape index (κ1) is 22.4. The summed E-state index contributed by atoms with van der Waals surface area (Å²) >= 11 is 0. The molecule has 0 atom stereocenters. The Kier molecular flexibility index (Phi) is 9.72. The van der Waals surface area contributed by atoms with Crippen molar-refractivity contribution in [2.24, 2.45) is 0 Å². The van der Waals surface area contributed by atoms with Crippen LogP contribution in [0.5, 0.6) is 0 Å². The van der Waals surface area contributed by atoms with Crippen LogP contribution in [-0.4, -0.2) is 24.6 Å². The maximum Gasteiger partial charge on any atom is 0.407 e. The van der Waals surface area contributed by atoms with Crippen LogP contribution < -0.4 is 10.6 Å². The van der Waals surface area contributed by atoms with Crippen molar-refractivity contribution in [1.82, 2.24) is 10.6 Å². The molecule has 0 aliphatic carbocycles. The van der Waals surface area contributed by atoms with E-state index in [2.05, 4.69) is 10.6 Å². The van der Waals surface area contributed by atoms with Crippen LogP contribution in [-0.2, 0) is 34.0 Å². The zero-order valence-electron chi connectivity index (χ0n) is 17.1. The van der Waals surface area contributed by atoms with Gasteiger partial charge in [-0.25, -0.2) is 4.79 Å². The van der Waals surface area contributed by atoms with Crippen molar-refractivity contribution >= 4 is 12.0 Å². The summed E-state index contributed by atoms with van der Waals surface area (Å²) in [5, 5.41) is 5.56. The molecule has 2 rings (SSSR count). The molecule has 0 saturated heterocycles. The highest BCUT2D eigenvalue weighted by atomic mass is 16.5. The highest BCUT2D eigenvalue weighted by Crippen LogP contribution is 2.08. The van der Waals surface area contributed by atoms with Crippen LogP contribution in [0.2, 0.25) is 0 Å². The minimum atomic E-state index is -0.477. The van der Waals surface area contributed by atoms with E-state index in [0.29, 0.717) is 32.5 Å². The number of amides is 2. The third-order valence-corrected chi connectivity index (χ3v) is 4.13. The van der Waals surface area contributed by atoms with E-state index in [1.807, 2.05) is 68.4 Å². The highest BCUT2D eigenvalue weighted by molar-refractivity contribution is 5.76. The fourth-order valence-corrected chi connectivity index (χ4v) is 2.59. The van der Waals surface area contributed by atoms with Gasteiger partial charge in [-0.3, -0.25) is 4.79 Å². The molecule has 0 saturated carbocycles. The van der Waals surface area contributed by atoms with Gasteiger partial charge in [0.15, 0.2) is 0 Å². The summed E-state index contributed by atoms with van der Waals surface area (Å²) < 4.78 is 10.7. The second-order valence-corrected chi connectivity index (χ2v) is 7.05. The van der Waals surface area contributed by atoms with Crippen molar-refractivity contribution < 1.29 is 19.1 Å². The molecular weight excluding hydrogens is 368 g/mol. The molecular formula is C23H30N2O4. The molecule has 0 unspecified atom stereocenters. The molecule has 29 heavy (non-hydrogen) atoms. The lowest BCUT2D eigenvalue weighted by molar-refractivity contribution is -0.121. The summed E-state index contributed by atoms with van der Waals surface area (Å²) in [6.07, 6.45) is 0.598. The first-order valence-corrected chi connectivity index (χ1v) is 9.93. The van der Waals surface area contributed by atoms with E-state index >= 15 is 0 Å². The third-order valence-electron chi connectivity index (χ3n) is 4.13. The molecule has 2 aromatic rings. The summed E-state index contributed by atoms with van der Waals surface area (Å²) in [6.45, 7) is 5.66. The van der Waals surface area contributed by atoms with Gasteiger partial charge < -0.3 is 20.1 Å². The zero-order valence-corrected chi connectivity index (χ0v) is 17.1. The van der Waals surface area contributed by atoms with Crippen LogP contribution in [0.1, 0.15) is 43.4 Å². The molecule has 2 amide bonds. The minimum absolute atomic E-state index is 0.0479. The summed E-state index contributed by atoms with van der Waals surface area (Å²) in [5.41, 5.74) is 3.05. The summed E-state index contributed by atoms with van der Waals surface area (Å²) in [5.74, 6) is -0.0479.